The van der Waals surface area contributed by atoms with E-state index in [1.54, 1.807) is 0 Å². The van der Waals surface area contributed by atoms with E-state index in [0.717, 1.165) is 16.5 Å². The molecule has 1 aromatic carbocycles. The van der Waals surface area contributed by atoms with Crippen molar-refractivity contribution in [2.45, 2.75) is 13.3 Å². The number of aromatic nitrogens is 1. The summed E-state index contributed by atoms with van der Waals surface area (Å²) in [6, 6.07) is 7.98. The summed E-state index contributed by atoms with van der Waals surface area (Å²) in [5.41, 5.74) is 8.62. The highest BCUT2D eigenvalue weighted by molar-refractivity contribution is 5.85. The zero-order chi connectivity index (χ0) is 10.8. The second kappa shape index (κ2) is 3.69. The highest BCUT2D eigenvalue weighted by Crippen LogP contribution is 2.17. The van der Waals surface area contributed by atoms with Crippen LogP contribution in [0.1, 0.15) is 11.1 Å². The zero-order valence-corrected chi connectivity index (χ0v) is 8.62. The van der Waals surface area contributed by atoms with Crippen LogP contribution in [0, 0.1) is 12.3 Å². The minimum absolute atomic E-state index is 0.191. The minimum Gasteiger partial charge on any atom is -0.387 e. The van der Waals surface area contributed by atoms with Crippen molar-refractivity contribution in [1.82, 2.24) is 4.98 Å². The van der Waals surface area contributed by atoms with Gasteiger partial charge in [0.25, 0.3) is 0 Å². The van der Waals surface area contributed by atoms with Gasteiger partial charge in [-0.15, -0.1) is 0 Å². The number of nitrogens with one attached hydrogen (secondary N) is 1. The van der Waals surface area contributed by atoms with Crippen molar-refractivity contribution < 1.29 is 0 Å². The maximum Gasteiger partial charge on any atom is 0.0950 e. The second-order valence-electron chi connectivity index (χ2n) is 3.68. The van der Waals surface area contributed by atoms with Crippen LogP contribution >= 0.6 is 0 Å². The summed E-state index contributed by atoms with van der Waals surface area (Å²) in [5.74, 6) is 0.191. The summed E-state index contributed by atoms with van der Waals surface area (Å²) >= 11 is 0. The van der Waals surface area contributed by atoms with E-state index in [2.05, 4.69) is 18.0 Å². The summed E-state index contributed by atoms with van der Waals surface area (Å²) in [5, 5.41) is 8.39. The molecule has 0 aliphatic carbocycles. The van der Waals surface area contributed by atoms with E-state index in [0.29, 0.717) is 6.42 Å². The molecule has 0 unspecified atom stereocenters. The molecule has 0 spiro atoms. The number of pyridine rings is 1. The van der Waals surface area contributed by atoms with Gasteiger partial charge in [0.1, 0.15) is 0 Å². The van der Waals surface area contributed by atoms with E-state index in [4.69, 9.17) is 11.1 Å². The van der Waals surface area contributed by atoms with Crippen LogP contribution in [0.4, 0.5) is 0 Å². The van der Waals surface area contributed by atoms with Crippen LogP contribution in [0.5, 0.6) is 0 Å². The van der Waals surface area contributed by atoms with E-state index >= 15 is 0 Å². The maximum atomic E-state index is 7.26. The van der Waals surface area contributed by atoms with Gasteiger partial charge < -0.3 is 5.73 Å². The summed E-state index contributed by atoms with van der Waals surface area (Å²) in [6.45, 7) is 2.06. The monoisotopic (exact) mass is 199 g/mol. The molecule has 0 aliphatic heterocycles. The summed E-state index contributed by atoms with van der Waals surface area (Å²) in [7, 11) is 0. The molecule has 0 fully saturated rings. The molecule has 0 saturated carbocycles. The van der Waals surface area contributed by atoms with Gasteiger partial charge in [-0.1, -0.05) is 6.07 Å². The molecule has 3 nitrogen and oxygen atoms in total. The van der Waals surface area contributed by atoms with Crippen molar-refractivity contribution in [3.63, 3.8) is 0 Å². The average molecular weight is 199 g/mol. The van der Waals surface area contributed by atoms with Gasteiger partial charge in [-0.2, -0.15) is 0 Å². The Kier molecular flexibility index (Phi) is 2.37. The van der Waals surface area contributed by atoms with Gasteiger partial charge in [-0.05, 0) is 36.2 Å². The average Bonchev–Trinajstić information content (AvgIpc) is 2.18. The number of aryl methyl sites for hydroxylation is 1. The number of benzene rings is 1. The van der Waals surface area contributed by atoms with Gasteiger partial charge in [0.05, 0.1) is 11.4 Å². The molecule has 76 valence electrons. The molecule has 3 N–H and O–H groups in total. The fourth-order valence-electron chi connectivity index (χ4n) is 1.66. The maximum absolute atomic E-state index is 7.26. The topological polar surface area (TPSA) is 62.8 Å². The molecule has 1 heterocycles. The first-order valence-electron chi connectivity index (χ1n) is 4.84. The molecule has 15 heavy (non-hydrogen) atoms. The highest BCUT2D eigenvalue weighted by Gasteiger charge is 2.01. The lowest BCUT2D eigenvalue weighted by molar-refractivity contribution is 1.25. The van der Waals surface area contributed by atoms with E-state index in [9.17, 15) is 0 Å². The zero-order valence-electron chi connectivity index (χ0n) is 8.62. The van der Waals surface area contributed by atoms with Crippen molar-refractivity contribution in [2.75, 3.05) is 0 Å². The number of amidine groups is 1. The summed E-state index contributed by atoms with van der Waals surface area (Å²) < 4.78 is 0. The fourth-order valence-corrected chi connectivity index (χ4v) is 1.66. The van der Waals surface area contributed by atoms with Crippen molar-refractivity contribution in [3.05, 3.63) is 41.6 Å². The first kappa shape index (κ1) is 9.65. The van der Waals surface area contributed by atoms with Gasteiger partial charge in [0.15, 0.2) is 0 Å². The van der Waals surface area contributed by atoms with Crippen molar-refractivity contribution >= 4 is 16.7 Å². The van der Waals surface area contributed by atoms with Crippen LogP contribution in [0.3, 0.4) is 0 Å². The number of hydrogen-bond acceptors (Lipinski definition) is 2. The first-order chi connectivity index (χ1) is 7.16. The Labute approximate surface area is 88.5 Å². The van der Waals surface area contributed by atoms with Gasteiger partial charge in [0.2, 0.25) is 0 Å². The number of nitrogens with zero attached hydrogens (tertiary/aromatic N) is 1. The Morgan fingerprint density at radius 3 is 2.93 bits per heavy atom. The lowest BCUT2D eigenvalue weighted by Gasteiger charge is -2.04. The van der Waals surface area contributed by atoms with E-state index in [1.807, 2.05) is 24.4 Å². The molecule has 0 radical (unpaired) electrons. The highest BCUT2D eigenvalue weighted by atomic mass is 14.7. The SMILES string of the molecule is Cc1ccnc2ccc(CC(=N)N)cc12. The molecule has 0 amide bonds. The Morgan fingerprint density at radius 1 is 1.40 bits per heavy atom. The Bertz CT molecular complexity index is 517. The lowest BCUT2D eigenvalue weighted by atomic mass is 10.0. The predicted molar refractivity (Wildman–Crippen MR) is 62.1 cm³/mol. The Balaban J connectivity index is 2.54. The van der Waals surface area contributed by atoms with E-state index in [1.165, 1.54) is 5.56 Å². The Morgan fingerprint density at radius 2 is 2.20 bits per heavy atom. The largest absolute Gasteiger partial charge is 0.387 e. The number of rotatable bonds is 2. The van der Waals surface area contributed by atoms with Crippen LogP contribution < -0.4 is 5.73 Å². The van der Waals surface area contributed by atoms with Crippen LogP contribution in [-0.4, -0.2) is 10.8 Å². The minimum atomic E-state index is 0.191. The smallest absolute Gasteiger partial charge is 0.0950 e. The molecule has 3 heteroatoms. The molecule has 0 saturated heterocycles. The molecule has 1 aromatic heterocycles. The van der Waals surface area contributed by atoms with Crippen LogP contribution in [0.25, 0.3) is 10.9 Å². The van der Waals surface area contributed by atoms with Crippen LogP contribution in [-0.2, 0) is 6.42 Å². The fraction of sp³-hybridized carbons (Fsp3) is 0.167. The van der Waals surface area contributed by atoms with Gasteiger partial charge in [-0.25, -0.2) is 0 Å². The normalized spacial score (nSPS) is 10.5. The van der Waals surface area contributed by atoms with Crippen molar-refractivity contribution in [3.8, 4) is 0 Å². The number of hydrogen-bond donors (Lipinski definition) is 2. The first-order valence-corrected chi connectivity index (χ1v) is 4.84. The number of nitrogens with two attached hydrogens (primary N) is 1. The van der Waals surface area contributed by atoms with Gasteiger partial charge >= 0.3 is 0 Å². The van der Waals surface area contributed by atoms with E-state index < -0.39 is 0 Å². The molecule has 2 rings (SSSR count). The Hall–Kier alpha value is -1.90. The third-order valence-electron chi connectivity index (χ3n) is 2.42. The third kappa shape index (κ3) is 1.96. The van der Waals surface area contributed by atoms with Crippen LogP contribution in [0.15, 0.2) is 30.5 Å². The summed E-state index contributed by atoms with van der Waals surface area (Å²) in [4.78, 5) is 4.28. The van der Waals surface area contributed by atoms with Crippen LogP contribution in [0.2, 0.25) is 0 Å². The van der Waals surface area contributed by atoms with Crippen molar-refractivity contribution in [2.24, 2.45) is 5.73 Å². The molecule has 0 bridgehead atoms. The molecule has 0 atom stereocenters. The number of fused-ring (bicyclic) bond motifs is 1. The lowest BCUT2D eigenvalue weighted by Crippen LogP contribution is -2.12. The van der Waals surface area contributed by atoms with Crippen molar-refractivity contribution in [1.29, 1.82) is 5.41 Å². The molecular weight excluding hydrogens is 186 g/mol. The standard InChI is InChI=1S/C12H13N3/c1-8-4-5-15-11-3-2-9(6-10(8)11)7-12(13)14/h2-6H,7H2,1H3,(H3,13,14). The second-order valence-corrected chi connectivity index (χ2v) is 3.68. The molecular formula is C12H13N3. The quantitative estimate of drug-likeness (QED) is 0.574. The third-order valence-corrected chi connectivity index (χ3v) is 2.42. The molecule has 0 aliphatic rings. The predicted octanol–water partition coefficient (Wildman–Crippen LogP) is 2.02. The summed E-state index contributed by atoms with van der Waals surface area (Å²) in [6.07, 6.45) is 2.31. The van der Waals surface area contributed by atoms with E-state index in [-0.39, 0.29) is 5.84 Å². The molecule has 2 aromatic rings. The van der Waals surface area contributed by atoms with Gasteiger partial charge in [-0.3, -0.25) is 10.4 Å². The van der Waals surface area contributed by atoms with Gasteiger partial charge in [0, 0.05) is 18.0 Å².